The molecular formula is C21H23N5OS. The third-order valence-electron chi connectivity index (χ3n) is 4.52. The molecular weight excluding hydrogens is 370 g/mol. The first-order chi connectivity index (χ1) is 13.8. The summed E-state index contributed by atoms with van der Waals surface area (Å²) in [4.78, 5) is 12.4. The van der Waals surface area contributed by atoms with Crippen molar-refractivity contribution in [2.24, 2.45) is 0 Å². The molecule has 28 heavy (non-hydrogen) atoms. The lowest BCUT2D eigenvalue weighted by Crippen LogP contribution is -2.43. The Labute approximate surface area is 169 Å². The lowest BCUT2D eigenvalue weighted by atomic mass is 10.2. The minimum atomic E-state index is 0.591. The summed E-state index contributed by atoms with van der Waals surface area (Å²) in [6, 6.07) is 18.3. The zero-order chi connectivity index (χ0) is 19.2. The quantitative estimate of drug-likeness (QED) is 0.618. The Morgan fingerprint density at radius 2 is 1.75 bits per heavy atom. The summed E-state index contributed by atoms with van der Waals surface area (Å²) in [5, 5.41) is 7.56. The van der Waals surface area contributed by atoms with Gasteiger partial charge in [0.25, 0.3) is 0 Å². The summed E-state index contributed by atoms with van der Waals surface area (Å²) in [6.45, 7) is 4.15. The number of nitrogens with zero attached hydrogens (tertiary/aromatic N) is 3. The second-order valence-electron chi connectivity index (χ2n) is 6.40. The van der Waals surface area contributed by atoms with Crippen molar-refractivity contribution in [1.82, 2.24) is 15.3 Å². The van der Waals surface area contributed by atoms with Crippen LogP contribution >= 0.6 is 11.8 Å². The van der Waals surface area contributed by atoms with Crippen molar-refractivity contribution in [2.75, 3.05) is 43.5 Å². The first kappa shape index (κ1) is 18.6. The molecule has 4 rings (SSSR count). The van der Waals surface area contributed by atoms with E-state index in [1.165, 1.54) is 5.69 Å². The van der Waals surface area contributed by atoms with Crippen LogP contribution in [-0.4, -0.2) is 43.3 Å². The van der Waals surface area contributed by atoms with Crippen LogP contribution in [0.2, 0.25) is 0 Å². The lowest BCUT2D eigenvalue weighted by molar-refractivity contribution is 0.414. The van der Waals surface area contributed by atoms with Crippen LogP contribution in [0.1, 0.15) is 0 Å². The van der Waals surface area contributed by atoms with E-state index in [0.717, 1.165) is 47.5 Å². The van der Waals surface area contributed by atoms with Gasteiger partial charge in [-0.1, -0.05) is 11.8 Å². The third-order valence-corrected chi connectivity index (χ3v) is 5.46. The van der Waals surface area contributed by atoms with Crippen LogP contribution in [0.15, 0.2) is 70.7 Å². The fraction of sp³-hybridized carbons (Fsp3) is 0.238. The molecule has 144 valence electrons. The van der Waals surface area contributed by atoms with E-state index in [4.69, 9.17) is 4.74 Å². The second kappa shape index (κ2) is 8.95. The fourth-order valence-electron chi connectivity index (χ4n) is 3.03. The topological polar surface area (TPSA) is 62.3 Å². The molecule has 0 unspecified atom stereocenters. The normalized spacial score (nSPS) is 14.0. The van der Waals surface area contributed by atoms with Gasteiger partial charge in [0.15, 0.2) is 0 Å². The van der Waals surface area contributed by atoms with Gasteiger partial charge in [-0.3, -0.25) is 0 Å². The molecule has 1 aliphatic rings. The van der Waals surface area contributed by atoms with Crippen LogP contribution in [0.25, 0.3) is 0 Å². The molecule has 0 bridgehead atoms. The van der Waals surface area contributed by atoms with Gasteiger partial charge in [-0.15, -0.1) is 0 Å². The Bertz CT molecular complexity index is 895. The molecule has 1 saturated heterocycles. The number of hydrogen-bond acceptors (Lipinski definition) is 7. The SMILES string of the molecule is COc1ccc(Sc2ccnc(Nc3ccc(N4CCNCC4)cc3)n2)cc1. The number of rotatable bonds is 6. The third kappa shape index (κ3) is 4.74. The number of piperazine rings is 1. The Hall–Kier alpha value is -2.77. The van der Waals surface area contributed by atoms with Gasteiger partial charge in [-0.05, 0) is 54.6 Å². The molecule has 0 radical (unpaired) electrons. The zero-order valence-corrected chi connectivity index (χ0v) is 16.6. The van der Waals surface area contributed by atoms with Gasteiger partial charge >= 0.3 is 0 Å². The smallest absolute Gasteiger partial charge is 0.228 e. The zero-order valence-electron chi connectivity index (χ0n) is 15.8. The molecule has 0 atom stereocenters. The Morgan fingerprint density at radius 1 is 1.00 bits per heavy atom. The van der Waals surface area contributed by atoms with E-state index in [0.29, 0.717) is 5.95 Å². The Kier molecular flexibility index (Phi) is 5.94. The van der Waals surface area contributed by atoms with Gasteiger partial charge in [0, 0.05) is 48.6 Å². The van der Waals surface area contributed by atoms with Crippen molar-refractivity contribution in [3.8, 4) is 5.75 Å². The molecule has 2 aromatic carbocycles. The summed E-state index contributed by atoms with van der Waals surface area (Å²) in [6.07, 6.45) is 1.77. The van der Waals surface area contributed by atoms with Crippen LogP contribution in [0.3, 0.4) is 0 Å². The summed E-state index contributed by atoms with van der Waals surface area (Å²) < 4.78 is 5.20. The molecule has 6 nitrogen and oxygen atoms in total. The van der Waals surface area contributed by atoms with Crippen LogP contribution in [-0.2, 0) is 0 Å². The number of ether oxygens (including phenoxy) is 1. The van der Waals surface area contributed by atoms with Crippen molar-refractivity contribution < 1.29 is 4.74 Å². The number of methoxy groups -OCH3 is 1. The molecule has 3 aromatic rings. The fourth-order valence-corrected chi connectivity index (χ4v) is 3.81. The van der Waals surface area contributed by atoms with Gasteiger partial charge < -0.3 is 20.3 Å². The highest BCUT2D eigenvalue weighted by Crippen LogP contribution is 2.28. The van der Waals surface area contributed by atoms with Gasteiger partial charge in [0.1, 0.15) is 10.8 Å². The Balaban J connectivity index is 1.41. The first-order valence-corrected chi connectivity index (χ1v) is 10.1. The Morgan fingerprint density at radius 3 is 2.46 bits per heavy atom. The van der Waals surface area contributed by atoms with Crippen molar-refractivity contribution in [3.63, 3.8) is 0 Å². The maximum Gasteiger partial charge on any atom is 0.228 e. The summed E-state index contributed by atoms with van der Waals surface area (Å²) in [5.74, 6) is 1.44. The number of hydrogen-bond donors (Lipinski definition) is 2. The van der Waals surface area contributed by atoms with Gasteiger partial charge in [0.2, 0.25) is 5.95 Å². The molecule has 0 saturated carbocycles. The van der Waals surface area contributed by atoms with E-state index in [1.807, 2.05) is 30.3 Å². The van der Waals surface area contributed by atoms with Gasteiger partial charge in [-0.25, -0.2) is 9.97 Å². The van der Waals surface area contributed by atoms with E-state index in [1.54, 1.807) is 25.1 Å². The average Bonchev–Trinajstić information content (AvgIpc) is 2.76. The summed E-state index contributed by atoms with van der Waals surface area (Å²) >= 11 is 1.59. The standard InChI is InChI=1S/C21H23N5OS/c1-27-18-6-8-19(9-7-18)28-20-10-11-23-21(25-20)24-16-2-4-17(5-3-16)26-14-12-22-13-15-26/h2-11,22H,12-15H2,1H3,(H,23,24,25). The van der Waals surface area contributed by atoms with E-state index in [9.17, 15) is 0 Å². The molecule has 2 heterocycles. The molecule has 0 aliphatic carbocycles. The van der Waals surface area contributed by atoms with Crippen molar-refractivity contribution in [1.29, 1.82) is 0 Å². The summed E-state index contributed by atoms with van der Waals surface area (Å²) in [7, 11) is 1.67. The predicted octanol–water partition coefficient (Wildman–Crippen LogP) is 3.79. The molecule has 2 N–H and O–H groups in total. The molecule has 1 aromatic heterocycles. The molecule has 1 aliphatic heterocycles. The highest BCUT2D eigenvalue weighted by Gasteiger charge is 2.10. The van der Waals surface area contributed by atoms with Gasteiger partial charge in [0.05, 0.1) is 7.11 Å². The number of aromatic nitrogens is 2. The van der Waals surface area contributed by atoms with E-state index >= 15 is 0 Å². The maximum absolute atomic E-state index is 5.20. The first-order valence-electron chi connectivity index (χ1n) is 9.28. The van der Waals surface area contributed by atoms with Crippen LogP contribution in [0.5, 0.6) is 5.75 Å². The maximum atomic E-state index is 5.20. The minimum Gasteiger partial charge on any atom is -0.497 e. The highest BCUT2D eigenvalue weighted by molar-refractivity contribution is 7.99. The van der Waals surface area contributed by atoms with E-state index in [-0.39, 0.29) is 0 Å². The summed E-state index contributed by atoms with van der Waals surface area (Å²) in [5.41, 5.74) is 2.22. The van der Waals surface area contributed by atoms with E-state index < -0.39 is 0 Å². The molecule has 7 heteroatoms. The van der Waals surface area contributed by atoms with Crippen molar-refractivity contribution >= 4 is 29.1 Å². The number of benzene rings is 2. The van der Waals surface area contributed by atoms with Crippen LogP contribution in [0, 0.1) is 0 Å². The van der Waals surface area contributed by atoms with Crippen molar-refractivity contribution in [3.05, 3.63) is 60.8 Å². The highest BCUT2D eigenvalue weighted by atomic mass is 32.2. The van der Waals surface area contributed by atoms with Crippen LogP contribution in [0.4, 0.5) is 17.3 Å². The van der Waals surface area contributed by atoms with Crippen LogP contribution < -0.4 is 20.3 Å². The minimum absolute atomic E-state index is 0.591. The van der Waals surface area contributed by atoms with E-state index in [2.05, 4.69) is 49.8 Å². The number of anilines is 3. The average molecular weight is 394 g/mol. The molecule has 0 amide bonds. The second-order valence-corrected chi connectivity index (χ2v) is 7.50. The number of nitrogens with one attached hydrogen (secondary N) is 2. The monoisotopic (exact) mass is 393 g/mol. The lowest BCUT2D eigenvalue weighted by Gasteiger charge is -2.29. The molecule has 1 fully saturated rings. The predicted molar refractivity (Wildman–Crippen MR) is 114 cm³/mol. The van der Waals surface area contributed by atoms with Crippen molar-refractivity contribution in [2.45, 2.75) is 9.92 Å². The molecule has 0 spiro atoms. The van der Waals surface area contributed by atoms with Gasteiger partial charge in [-0.2, -0.15) is 0 Å². The largest absolute Gasteiger partial charge is 0.497 e.